The first-order valence-corrected chi connectivity index (χ1v) is 8.51. The zero-order valence-electron chi connectivity index (χ0n) is 14.3. The predicted octanol–water partition coefficient (Wildman–Crippen LogP) is 2.68. The Balaban J connectivity index is 2.19. The molecule has 1 aromatic carbocycles. The quantitative estimate of drug-likeness (QED) is 0.778. The van der Waals surface area contributed by atoms with Crippen molar-refractivity contribution in [3.8, 4) is 5.75 Å². The summed E-state index contributed by atoms with van der Waals surface area (Å²) in [5.74, 6) is 0.651. The van der Waals surface area contributed by atoms with E-state index < -0.39 is 12.0 Å². The van der Waals surface area contributed by atoms with Gasteiger partial charge in [-0.2, -0.15) is 4.68 Å². The summed E-state index contributed by atoms with van der Waals surface area (Å²) in [6, 6.07) is 5.01. The van der Waals surface area contributed by atoms with E-state index in [2.05, 4.69) is 36.8 Å². The van der Waals surface area contributed by atoms with Crippen molar-refractivity contribution in [3.05, 3.63) is 39.5 Å². The number of carbonyl (C=O) groups is 1. The van der Waals surface area contributed by atoms with Crippen molar-refractivity contribution < 1.29 is 14.3 Å². The predicted molar refractivity (Wildman–Crippen MR) is 94.2 cm³/mol. The van der Waals surface area contributed by atoms with E-state index in [1.54, 1.807) is 32.6 Å². The van der Waals surface area contributed by atoms with Gasteiger partial charge >= 0.3 is 5.97 Å². The highest BCUT2D eigenvalue weighted by Gasteiger charge is 2.36. The lowest BCUT2D eigenvalue weighted by Gasteiger charge is -2.28. The van der Waals surface area contributed by atoms with Crippen LogP contribution < -0.4 is 10.1 Å². The Bertz CT molecular complexity index is 846. The molecule has 0 fully saturated rings. The molecular weight excluding hydrogens is 390 g/mol. The van der Waals surface area contributed by atoms with E-state index in [4.69, 9.17) is 9.47 Å². The van der Waals surface area contributed by atoms with Crippen LogP contribution in [0.2, 0.25) is 0 Å². The van der Waals surface area contributed by atoms with Gasteiger partial charge < -0.3 is 14.8 Å². The molecule has 0 spiro atoms. The van der Waals surface area contributed by atoms with Crippen molar-refractivity contribution in [1.82, 2.24) is 20.2 Å². The number of nitrogens with zero attached hydrogens (tertiary/aromatic N) is 4. The van der Waals surface area contributed by atoms with E-state index in [0.717, 1.165) is 10.0 Å². The summed E-state index contributed by atoms with van der Waals surface area (Å²) in [6.07, 6.45) is -0.242. The van der Waals surface area contributed by atoms with Crippen molar-refractivity contribution in [2.45, 2.75) is 32.9 Å². The van der Waals surface area contributed by atoms with Gasteiger partial charge in [-0.3, -0.25) is 0 Å². The Morgan fingerprint density at radius 2 is 2.16 bits per heavy atom. The molecule has 0 saturated carbocycles. The van der Waals surface area contributed by atoms with Crippen LogP contribution in [-0.2, 0) is 9.53 Å². The molecule has 0 saturated heterocycles. The number of methoxy groups -OCH3 is 1. The normalized spacial score (nSPS) is 16.5. The molecule has 3 rings (SSSR count). The minimum atomic E-state index is -0.565. The van der Waals surface area contributed by atoms with Gasteiger partial charge in [0.05, 0.1) is 18.8 Å². The van der Waals surface area contributed by atoms with Crippen molar-refractivity contribution >= 4 is 27.8 Å². The third kappa shape index (κ3) is 3.23. The van der Waals surface area contributed by atoms with E-state index >= 15 is 0 Å². The van der Waals surface area contributed by atoms with Crippen molar-refractivity contribution in [2.75, 3.05) is 12.4 Å². The number of hydrogen-bond donors (Lipinski definition) is 1. The van der Waals surface area contributed by atoms with Gasteiger partial charge in [0.25, 0.3) is 0 Å². The van der Waals surface area contributed by atoms with E-state index in [0.29, 0.717) is 23.0 Å². The molecule has 25 heavy (non-hydrogen) atoms. The maximum atomic E-state index is 12.8. The highest BCUT2D eigenvalue weighted by atomic mass is 79.9. The van der Waals surface area contributed by atoms with Gasteiger partial charge in [0.1, 0.15) is 11.8 Å². The number of nitrogens with one attached hydrogen (secondary N) is 1. The van der Waals surface area contributed by atoms with Crippen molar-refractivity contribution in [2.24, 2.45) is 0 Å². The number of fused-ring (bicyclic) bond motifs is 1. The third-order valence-electron chi connectivity index (χ3n) is 3.76. The molecule has 1 aliphatic rings. The smallest absolute Gasteiger partial charge is 0.338 e. The van der Waals surface area contributed by atoms with E-state index in [1.165, 1.54) is 0 Å². The van der Waals surface area contributed by atoms with Gasteiger partial charge in [0, 0.05) is 15.7 Å². The molecule has 2 heterocycles. The van der Waals surface area contributed by atoms with Gasteiger partial charge in [-0.15, -0.1) is 0 Å². The second kappa shape index (κ2) is 6.83. The van der Waals surface area contributed by atoms with E-state index in [-0.39, 0.29) is 6.10 Å². The van der Waals surface area contributed by atoms with Gasteiger partial charge in [0.2, 0.25) is 5.95 Å². The number of aromatic nitrogens is 4. The molecule has 0 radical (unpaired) electrons. The first kappa shape index (κ1) is 17.4. The topological polar surface area (TPSA) is 91.2 Å². The summed E-state index contributed by atoms with van der Waals surface area (Å²) in [5.41, 5.74) is 1.83. The Kier molecular flexibility index (Phi) is 4.76. The Hall–Kier alpha value is -2.42. The maximum Gasteiger partial charge on any atom is 0.338 e. The molecule has 1 N–H and O–H groups in total. The maximum absolute atomic E-state index is 12.8. The van der Waals surface area contributed by atoms with Crippen molar-refractivity contribution in [1.29, 1.82) is 0 Å². The van der Waals surface area contributed by atoms with Crippen molar-refractivity contribution in [3.63, 3.8) is 0 Å². The fourth-order valence-corrected chi connectivity index (χ4v) is 3.14. The number of carbonyl (C=O) groups excluding carboxylic acids is 1. The summed E-state index contributed by atoms with van der Waals surface area (Å²) in [5, 5.41) is 14.8. The number of hydrogen-bond acceptors (Lipinski definition) is 7. The average Bonchev–Trinajstić information content (AvgIpc) is 3.00. The molecule has 1 aliphatic heterocycles. The minimum absolute atomic E-state index is 0.242. The van der Waals surface area contributed by atoms with Gasteiger partial charge in [0.15, 0.2) is 0 Å². The van der Waals surface area contributed by atoms with Gasteiger partial charge in [-0.25, -0.2) is 4.79 Å². The highest BCUT2D eigenvalue weighted by Crippen LogP contribution is 2.40. The molecule has 8 nitrogen and oxygen atoms in total. The monoisotopic (exact) mass is 407 g/mol. The van der Waals surface area contributed by atoms with Gasteiger partial charge in [-0.05, 0) is 49.4 Å². The largest absolute Gasteiger partial charge is 0.496 e. The minimum Gasteiger partial charge on any atom is -0.496 e. The molecular formula is C16H18BrN5O3. The second-order valence-corrected chi connectivity index (χ2v) is 6.77. The number of rotatable bonds is 4. The Morgan fingerprint density at radius 3 is 2.84 bits per heavy atom. The summed E-state index contributed by atoms with van der Waals surface area (Å²) in [4.78, 5) is 12.8. The van der Waals surface area contributed by atoms with Crippen LogP contribution in [0.3, 0.4) is 0 Å². The van der Waals surface area contributed by atoms with Crippen LogP contribution in [0.1, 0.15) is 32.4 Å². The molecule has 0 unspecified atom stereocenters. The molecule has 1 aromatic heterocycles. The highest BCUT2D eigenvalue weighted by molar-refractivity contribution is 9.10. The lowest BCUT2D eigenvalue weighted by Crippen LogP contribution is -2.30. The summed E-state index contributed by atoms with van der Waals surface area (Å²) in [7, 11) is 1.58. The summed E-state index contributed by atoms with van der Waals surface area (Å²) >= 11 is 3.47. The average molecular weight is 408 g/mol. The van der Waals surface area contributed by atoms with Crippen LogP contribution in [0, 0.1) is 0 Å². The lowest BCUT2D eigenvalue weighted by molar-refractivity contribution is -0.143. The number of anilines is 1. The molecule has 2 aromatic rings. The fraction of sp³-hybridized carbons (Fsp3) is 0.375. The molecule has 0 bridgehead atoms. The van der Waals surface area contributed by atoms with Crippen LogP contribution in [0.15, 0.2) is 33.9 Å². The zero-order chi connectivity index (χ0) is 18.1. The number of allylic oxidation sites excluding steroid dienone is 1. The second-order valence-electron chi connectivity index (χ2n) is 5.85. The summed E-state index contributed by atoms with van der Waals surface area (Å²) in [6.45, 7) is 5.41. The molecule has 0 aliphatic carbocycles. The fourth-order valence-electron chi connectivity index (χ4n) is 2.76. The SMILES string of the molecule is COc1ccc(Br)cc1[C@@H]1C(C(=O)OC(C)C)=C(C)Nc2nnnn21. The zero-order valence-corrected chi connectivity index (χ0v) is 15.9. The van der Waals surface area contributed by atoms with Crippen LogP contribution in [0.5, 0.6) is 5.75 Å². The molecule has 9 heteroatoms. The summed E-state index contributed by atoms with van der Waals surface area (Å²) < 4.78 is 13.3. The first-order chi connectivity index (χ1) is 11.9. The van der Waals surface area contributed by atoms with Crippen LogP contribution in [0.4, 0.5) is 5.95 Å². The van der Waals surface area contributed by atoms with Crippen LogP contribution >= 0.6 is 15.9 Å². The third-order valence-corrected chi connectivity index (χ3v) is 4.26. The standard InChI is InChI=1S/C16H18BrN5O3/c1-8(2)25-15(23)13-9(3)18-16-19-20-21-22(16)14(13)11-7-10(17)5-6-12(11)24-4/h5-8,14H,1-4H3,(H,18,19,21)/t14-/m1/s1. The van der Waals surface area contributed by atoms with Crippen LogP contribution in [0.25, 0.3) is 0 Å². The first-order valence-electron chi connectivity index (χ1n) is 7.72. The van der Waals surface area contributed by atoms with Gasteiger partial charge in [-0.1, -0.05) is 21.0 Å². The Labute approximate surface area is 153 Å². The number of esters is 1. The van der Waals surface area contributed by atoms with E-state index in [9.17, 15) is 4.79 Å². The number of halogens is 1. The van der Waals surface area contributed by atoms with E-state index in [1.807, 2.05) is 18.2 Å². The lowest BCUT2D eigenvalue weighted by atomic mass is 9.95. The molecule has 132 valence electrons. The number of ether oxygens (including phenoxy) is 2. The molecule has 1 atom stereocenters. The number of tetrazole rings is 1. The molecule has 0 amide bonds. The number of benzene rings is 1. The Morgan fingerprint density at radius 1 is 1.40 bits per heavy atom. The van der Waals surface area contributed by atoms with Crippen LogP contribution in [-0.4, -0.2) is 39.4 Å².